The molecule has 0 saturated heterocycles. The van der Waals surface area contributed by atoms with Gasteiger partial charge < -0.3 is 19.5 Å². The third-order valence-corrected chi connectivity index (χ3v) is 8.30. The van der Waals surface area contributed by atoms with Gasteiger partial charge >= 0.3 is 0 Å². The molecule has 4 aromatic rings. The Morgan fingerprint density at radius 2 is 1.57 bits per heavy atom. The number of nitrogens with one attached hydrogen (secondary N) is 2. The number of hydrogen-bond acceptors (Lipinski definition) is 6. The Bertz CT molecular complexity index is 1740. The summed E-state index contributed by atoms with van der Waals surface area (Å²) in [7, 11) is 0. The Hall–Kier alpha value is -3.47. The topological polar surface area (TPSA) is 98.2 Å². The lowest BCUT2D eigenvalue weighted by molar-refractivity contribution is -0.132. The Balaban J connectivity index is 1.45. The molecule has 4 rings (SSSR count). The first-order valence-electron chi connectivity index (χ1n) is 14.4. The quantitative estimate of drug-likeness (QED) is 0.0986. The molecular formula is C34H30BrCl4N3O5. The molecule has 0 spiro atoms. The van der Waals surface area contributed by atoms with E-state index in [0.29, 0.717) is 43.2 Å². The maximum atomic E-state index is 13.3. The van der Waals surface area contributed by atoms with Crippen molar-refractivity contribution in [3.63, 3.8) is 0 Å². The zero-order valence-corrected chi connectivity index (χ0v) is 29.8. The molecule has 0 aliphatic heterocycles. The summed E-state index contributed by atoms with van der Waals surface area (Å²) in [5.41, 5.74) is 4.74. The van der Waals surface area contributed by atoms with Crippen LogP contribution in [0.15, 0.2) is 88.4 Å². The summed E-state index contributed by atoms with van der Waals surface area (Å²) in [5, 5.41) is 8.62. The molecule has 4 aromatic carbocycles. The highest BCUT2D eigenvalue weighted by atomic mass is 79.9. The molecule has 47 heavy (non-hydrogen) atoms. The van der Waals surface area contributed by atoms with Crippen LogP contribution < -0.4 is 25.0 Å². The number of hydrogen-bond donors (Lipinski definition) is 2. The predicted octanol–water partition coefficient (Wildman–Crippen LogP) is 8.69. The molecule has 0 aromatic heterocycles. The second-order valence-electron chi connectivity index (χ2n) is 10.1. The highest BCUT2D eigenvalue weighted by Gasteiger charge is 2.25. The van der Waals surface area contributed by atoms with Crippen LogP contribution in [0, 0.1) is 0 Å². The summed E-state index contributed by atoms with van der Waals surface area (Å²) in [6.07, 6.45) is 0.710. The molecule has 0 unspecified atom stereocenters. The van der Waals surface area contributed by atoms with Crippen LogP contribution in [0.4, 0.5) is 0 Å². The second-order valence-corrected chi connectivity index (χ2v) is 12.6. The fourth-order valence-electron chi connectivity index (χ4n) is 4.27. The fourth-order valence-corrected chi connectivity index (χ4v) is 5.76. The third kappa shape index (κ3) is 10.8. The van der Waals surface area contributed by atoms with Gasteiger partial charge in [-0.15, -0.1) is 0 Å². The Morgan fingerprint density at radius 1 is 0.872 bits per heavy atom. The summed E-state index contributed by atoms with van der Waals surface area (Å²) < 4.78 is 18.2. The van der Waals surface area contributed by atoms with Gasteiger partial charge in [-0.05, 0) is 83.4 Å². The molecule has 8 nitrogen and oxygen atoms in total. The van der Waals surface area contributed by atoms with Crippen molar-refractivity contribution in [1.82, 2.24) is 10.7 Å². The Kier molecular flexibility index (Phi) is 13.6. The van der Waals surface area contributed by atoms with Crippen molar-refractivity contribution in [2.24, 2.45) is 5.10 Å². The Morgan fingerprint density at radius 3 is 2.26 bits per heavy atom. The lowest BCUT2D eigenvalue weighted by Crippen LogP contribution is -2.50. The van der Waals surface area contributed by atoms with Gasteiger partial charge in [0.05, 0.1) is 22.3 Å². The van der Waals surface area contributed by atoms with Crippen molar-refractivity contribution in [3.8, 4) is 17.2 Å². The summed E-state index contributed by atoms with van der Waals surface area (Å²) in [5.74, 6) is 0.177. The molecule has 2 amide bonds. The third-order valence-electron chi connectivity index (χ3n) is 6.59. The average molecular weight is 782 g/mol. The van der Waals surface area contributed by atoms with E-state index in [2.05, 4.69) is 31.8 Å². The van der Waals surface area contributed by atoms with Gasteiger partial charge in [0.25, 0.3) is 11.8 Å². The Labute approximate surface area is 301 Å². The maximum absolute atomic E-state index is 13.3. The number of halogens is 5. The van der Waals surface area contributed by atoms with Crippen LogP contribution in [0.1, 0.15) is 30.5 Å². The SMILES string of the molecule is CCOc1cc(/C=N\NC(=O)[C@H](Cc2ccccc2)NC(=O)[C@H](C)Oc2ccc(Cl)cc2Cl)cc(Br)c1OCc1ccc(Cl)cc1Cl. The minimum Gasteiger partial charge on any atom is -0.490 e. The number of rotatable bonds is 14. The smallest absolute Gasteiger partial charge is 0.262 e. The molecule has 13 heteroatoms. The van der Waals surface area contributed by atoms with Gasteiger partial charge in [0, 0.05) is 27.1 Å². The molecule has 2 atom stereocenters. The lowest BCUT2D eigenvalue weighted by Gasteiger charge is -2.21. The number of amides is 2. The lowest BCUT2D eigenvalue weighted by atomic mass is 10.1. The highest BCUT2D eigenvalue weighted by molar-refractivity contribution is 9.10. The van der Waals surface area contributed by atoms with Gasteiger partial charge in [-0.3, -0.25) is 9.59 Å². The van der Waals surface area contributed by atoms with E-state index < -0.39 is 24.0 Å². The van der Waals surface area contributed by atoms with Crippen LogP contribution in [0.25, 0.3) is 0 Å². The summed E-state index contributed by atoms with van der Waals surface area (Å²) >= 11 is 28.0. The molecule has 0 heterocycles. The molecule has 0 bridgehead atoms. The van der Waals surface area contributed by atoms with Crippen LogP contribution in [0.3, 0.4) is 0 Å². The van der Waals surface area contributed by atoms with E-state index >= 15 is 0 Å². The van der Waals surface area contributed by atoms with Crippen molar-refractivity contribution < 1.29 is 23.8 Å². The zero-order chi connectivity index (χ0) is 33.9. The predicted molar refractivity (Wildman–Crippen MR) is 190 cm³/mol. The van der Waals surface area contributed by atoms with Crippen molar-refractivity contribution in [1.29, 1.82) is 0 Å². The van der Waals surface area contributed by atoms with Crippen LogP contribution in [0.2, 0.25) is 20.1 Å². The minimum absolute atomic E-state index is 0.184. The average Bonchev–Trinajstić information content (AvgIpc) is 3.03. The normalized spacial score (nSPS) is 12.3. The number of hydrazone groups is 1. The number of carbonyl (C=O) groups excluding carboxylic acids is 2. The van der Waals surface area contributed by atoms with E-state index in [4.69, 9.17) is 60.6 Å². The van der Waals surface area contributed by atoms with E-state index in [1.165, 1.54) is 12.3 Å². The van der Waals surface area contributed by atoms with Gasteiger partial charge in [-0.2, -0.15) is 5.10 Å². The summed E-state index contributed by atoms with van der Waals surface area (Å²) in [6.45, 7) is 3.98. The highest BCUT2D eigenvalue weighted by Crippen LogP contribution is 2.37. The molecule has 246 valence electrons. The van der Waals surface area contributed by atoms with Crippen LogP contribution in [-0.4, -0.2) is 36.8 Å². The van der Waals surface area contributed by atoms with Gasteiger partial charge in [0.1, 0.15) is 18.4 Å². The number of benzene rings is 4. The maximum Gasteiger partial charge on any atom is 0.262 e. The van der Waals surface area contributed by atoms with Crippen molar-refractivity contribution >= 4 is 80.4 Å². The van der Waals surface area contributed by atoms with E-state index in [9.17, 15) is 9.59 Å². The monoisotopic (exact) mass is 779 g/mol. The fraction of sp³-hybridized carbons (Fsp3) is 0.206. The number of carbonyl (C=O) groups is 2. The number of ether oxygens (including phenoxy) is 3. The van der Waals surface area contributed by atoms with Crippen molar-refractivity contribution in [2.45, 2.75) is 39.0 Å². The first kappa shape index (κ1) is 36.4. The van der Waals surface area contributed by atoms with E-state index in [0.717, 1.165) is 11.1 Å². The van der Waals surface area contributed by atoms with Gasteiger partial charge in [0.2, 0.25) is 0 Å². The summed E-state index contributed by atoms with van der Waals surface area (Å²) in [6, 6.07) is 21.7. The van der Waals surface area contributed by atoms with Crippen molar-refractivity contribution in [2.75, 3.05) is 6.61 Å². The molecule has 0 saturated carbocycles. The molecule has 0 radical (unpaired) electrons. The molecule has 0 aliphatic rings. The molecule has 2 N–H and O–H groups in total. The molecule has 0 fully saturated rings. The first-order chi connectivity index (χ1) is 22.5. The van der Waals surface area contributed by atoms with Gasteiger partial charge in [-0.25, -0.2) is 5.43 Å². The van der Waals surface area contributed by atoms with Crippen LogP contribution in [-0.2, 0) is 22.6 Å². The van der Waals surface area contributed by atoms with Crippen LogP contribution in [0.5, 0.6) is 17.2 Å². The van der Waals surface area contributed by atoms with Gasteiger partial charge in [0.15, 0.2) is 17.6 Å². The standard InChI is InChI=1S/C34H30BrCl4N3O5/c1-3-45-31-15-22(13-26(35)32(31)46-19-23-9-10-24(36)16-27(23)38)18-40-42-34(44)29(14-21-7-5-4-6-8-21)41-33(43)20(2)47-30-12-11-25(37)17-28(30)39/h4-13,15-18,20,29H,3,14,19H2,1-2H3,(H,41,43)(H,42,44)/b40-18-/t20-,29-/m0/s1. The first-order valence-corrected chi connectivity index (χ1v) is 16.7. The van der Waals surface area contributed by atoms with Gasteiger partial charge in [-0.1, -0.05) is 82.8 Å². The second kappa shape index (κ2) is 17.6. The molecule has 0 aliphatic carbocycles. The van der Waals surface area contributed by atoms with E-state index in [-0.39, 0.29) is 23.8 Å². The van der Waals surface area contributed by atoms with E-state index in [1.807, 2.05) is 37.3 Å². The summed E-state index contributed by atoms with van der Waals surface area (Å²) in [4.78, 5) is 26.4. The van der Waals surface area contributed by atoms with Crippen LogP contribution >= 0.6 is 62.3 Å². The zero-order valence-electron chi connectivity index (χ0n) is 25.2. The van der Waals surface area contributed by atoms with Crippen molar-refractivity contribution in [3.05, 3.63) is 120 Å². The minimum atomic E-state index is -0.964. The number of nitrogens with zero attached hydrogens (tertiary/aromatic N) is 1. The van der Waals surface area contributed by atoms with E-state index in [1.54, 1.807) is 49.4 Å². The largest absolute Gasteiger partial charge is 0.490 e. The molecular weight excluding hydrogens is 752 g/mol.